The average molecular weight is 321 g/mol. The lowest BCUT2D eigenvalue weighted by Gasteiger charge is -2.17. The molecule has 0 saturated carbocycles. The van der Waals surface area contributed by atoms with E-state index in [9.17, 15) is 4.79 Å². The molecule has 2 aromatic rings. The predicted molar refractivity (Wildman–Crippen MR) is 86.3 cm³/mol. The van der Waals surface area contributed by atoms with Gasteiger partial charge in [0.05, 0.1) is 10.7 Å². The molecule has 1 heterocycles. The molecule has 1 amide bonds. The normalized spacial score (nSPS) is 13.6. The molecule has 0 aromatic heterocycles. The zero-order chi connectivity index (χ0) is 14.8. The van der Waals surface area contributed by atoms with Crippen molar-refractivity contribution in [3.05, 3.63) is 63.1 Å². The second-order valence-corrected chi connectivity index (χ2v) is 5.83. The third-order valence-corrected chi connectivity index (χ3v) is 4.08. The smallest absolute Gasteiger partial charge is 0.255 e. The Morgan fingerprint density at radius 2 is 1.95 bits per heavy atom. The Morgan fingerprint density at radius 3 is 2.76 bits per heavy atom. The summed E-state index contributed by atoms with van der Waals surface area (Å²) in [5, 5.41) is 7.08. The van der Waals surface area contributed by atoms with E-state index in [2.05, 4.69) is 10.6 Å². The third-order valence-electron chi connectivity index (χ3n) is 3.53. The van der Waals surface area contributed by atoms with E-state index in [0.29, 0.717) is 21.3 Å². The van der Waals surface area contributed by atoms with Crippen molar-refractivity contribution >= 4 is 34.8 Å². The van der Waals surface area contributed by atoms with E-state index in [4.69, 9.17) is 23.2 Å². The van der Waals surface area contributed by atoms with Crippen LogP contribution in [0.3, 0.4) is 0 Å². The molecule has 2 N–H and O–H groups in total. The van der Waals surface area contributed by atoms with Gasteiger partial charge in [-0.15, -0.1) is 0 Å². The van der Waals surface area contributed by atoms with Crippen LogP contribution in [-0.2, 0) is 13.0 Å². The van der Waals surface area contributed by atoms with E-state index in [0.717, 1.165) is 19.5 Å². The minimum Gasteiger partial charge on any atom is -0.321 e. The van der Waals surface area contributed by atoms with Crippen LogP contribution in [0.15, 0.2) is 36.4 Å². The van der Waals surface area contributed by atoms with Crippen LogP contribution in [0.1, 0.15) is 21.5 Å². The topological polar surface area (TPSA) is 41.1 Å². The number of hydrogen-bond donors (Lipinski definition) is 2. The molecule has 1 aliphatic rings. The van der Waals surface area contributed by atoms with Gasteiger partial charge in [0, 0.05) is 17.1 Å². The molecule has 1 aliphatic heterocycles. The summed E-state index contributed by atoms with van der Waals surface area (Å²) in [7, 11) is 0. The van der Waals surface area contributed by atoms with E-state index in [1.807, 2.05) is 18.2 Å². The summed E-state index contributed by atoms with van der Waals surface area (Å²) in [6.07, 6.45) is 1.00. The van der Waals surface area contributed by atoms with Crippen molar-refractivity contribution in [1.29, 1.82) is 0 Å². The summed E-state index contributed by atoms with van der Waals surface area (Å²) in [4.78, 5) is 12.3. The Bertz CT molecular complexity index is 701. The van der Waals surface area contributed by atoms with E-state index >= 15 is 0 Å². The van der Waals surface area contributed by atoms with Crippen LogP contribution in [0.4, 0.5) is 5.69 Å². The Balaban J connectivity index is 1.82. The van der Waals surface area contributed by atoms with E-state index in [1.165, 1.54) is 11.1 Å². The number of carbonyl (C=O) groups excluding carboxylic acids is 1. The number of carbonyl (C=O) groups is 1. The van der Waals surface area contributed by atoms with Crippen LogP contribution in [0.2, 0.25) is 10.0 Å². The molecule has 0 atom stereocenters. The first-order chi connectivity index (χ1) is 10.1. The molecule has 0 saturated heterocycles. The molecule has 0 aliphatic carbocycles. The molecule has 0 bridgehead atoms. The molecule has 3 nitrogen and oxygen atoms in total. The summed E-state index contributed by atoms with van der Waals surface area (Å²) in [5.74, 6) is -0.174. The fraction of sp³-hybridized carbons (Fsp3) is 0.188. The quantitative estimate of drug-likeness (QED) is 0.881. The highest BCUT2D eigenvalue weighted by molar-refractivity contribution is 6.36. The molecule has 2 aromatic carbocycles. The van der Waals surface area contributed by atoms with Crippen molar-refractivity contribution in [1.82, 2.24) is 5.32 Å². The first kappa shape index (κ1) is 14.4. The zero-order valence-corrected chi connectivity index (χ0v) is 12.8. The highest BCUT2D eigenvalue weighted by Gasteiger charge is 2.13. The summed E-state index contributed by atoms with van der Waals surface area (Å²) in [6, 6.07) is 10.8. The molecule has 5 heteroatoms. The van der Waals surface area contributed by atoms with Crippen LogP contribution in [-0.4, -0.2) is 12.5 Å². The molecule has 0 fully saturated rings. The van der Waals surface area contributed by atoms with Crippen LogP contribution >= 0.6 is 23.2 Å². The SMILES string of the molecule is O=C(Nc1ccc(Cl)cc1Cl)c1ccc2c(c1)CNCC2. The van der Waals surface area contributed by atoms with Gasteiger partial charge in [0.2, 0.25) is 0 Å². The first-order valence-electron chi connectivity index (χ1n) is 6.72. The molecule has 0 radical (unpaired) electrons. The summed E-state index contributed by atoms with van der Waals surface area (Å²) < 4.78 is 0. The number of amides is 1. The number of fused-ring (bicyclic) bond motifs is 1. The largest absolute Gasteiger partial charge is 0.321 e. The maximum absolute atomic E-state index is 12.3. The Labute approximate surface area is 133 Å². The van der Waals surface area contributed by atoms with Gasteiger partial charge in [-0.2, -0.15) is 0 Å². The zero-order valence-electron chi connectivity index (χ0n) is 11.2. The van der Waals surface area contributed by atoms with Gasteiger partial charge in [-0.1, -0.05) is 29.3 Å². The molecule has 108 valence electrons. The summed E-state index contributed by atoms with van der Waals surface area (Å²) >= 11 is 11.9. The number of benzene rings is 2. The second kappa shape index (κ2) is 6.06. The van der Waals surface area contributed by atoms with E-state index < -0.39 is 0 Å². The van der Waals surface area contributed by atoms with Crippen molar-refractivity contribution in [2.24, 2.45) is 0 Å². The first-order valence-corrected chi connectivity index (χ1v) is 7.48. The number of anilines is 1. The van der Waals surface area contributed by atoms with Crippen LogP contribution in [0, 0.1) is 0 Å². The van der Waals surface area contributed by atoms with Gasteiger partial charge in [-0.25, -0.2) is 0 Å². The number of nitrogens with one attached hydrogen (secondary N) is 2. The van der Waals surface area contributed by atoms with Crippen molar-refractivity contribution in [3.63, 3.8) is 0 Å². The van der Waals surface area contributed by atoms with Gasteiger partial charge in [0.1, 0.15) is 0 Å². The Hall–Kier alpha value is -1.55. The maximum Gasteiger partial charge on any atom is 0.255 e. The van der Waals surface area contributed by atoms with Gasteiger partial charge in [0.15, 0.2) is 0 Å². The summed E-state index contributed by atoms with van der Waals surface area (Å²) in [6.45, 7) is 1.79. The van der Waals surface area contributed by atoms with Crippen molar-refractivity contribution in [3.8, 4) is 0 Å². The van der Waals surface area contributed by atoms with Gasteiger partial charge in [-0.05, 0) is 54.4 Å². The van der Waals surface area contributed by atoms with E-state index in [1.54, 1.807) is 18.2 Å². The van der Waals surface area contributed by atoms with Crippen molar-refractivity contribution in [2.45, 2.75) is 13.0 Å². The number of halogens is 2. The van der Waals surface area contributed by atoms with Gasteiger partial charge in [-0.3, -0.25) is 4.79 Å². The third kappa shape index (κ3) is 3.21. The Morgan fingerprint density at radius 1 is 1.10 bits per heavy atom. The second-order valence-electron chi connectivity index (χ2n) is 4.99. The highest BCUT2D eigenvalue weighted by Crippen LogP contribution is 2.26. The van der Waals surface area contributed by atoms with Crippen LogP contribution in [0.25, 0.3) is 0 Å². The van der Waals surface area contributed by atoms with Crippen molar-refractivity contribution in [2.75, 3.05) is 11.9 Å². The lowest BCUT2D eigenvalue weighted by molar-refractivity contribution is 0.102. The standard InChI is InChI=1S/C16H14Cl2N2O/c17-13-3-4-15(14(18)8-13)20-16(21)11-2-1-10-5-6-19-9-12(10)7-11/h1-4,7-8,19H,5-6,9H2,(H,20,21). The van der Waals surface area contributed by atoms with Crippen molar-refractivity contribution < 1.29 is 4.79 Å². The minimum absolute atomic E-state index is 0.174. The van der Waals surface area contributed by atoms with Gasteiger partial charge >= 0.3 is 0 Å². The lowest BCUT2D eigenvalue weighted by atomic mass is 9.98. The fourth-order valence-corrected chi connectivity index (χ4v) is 2.86. The van der Waals surface area contributed by atoms with Crippen LogP contribution < -0.4 is 10.6 Å². The monoisotopic (exact) mass is 320 g/mol. The van der Waals surface area contributed by atoms with E-state index in [-0.39, 0.29) is 5.91 Å². The minimum atomic E-state index is -0.174. The fourth-order valence-electron chi connectivity index (χ4n) is 2.41. The Kier molecular flexibility index (Phi) is 4.15. The molecule has 21 heavy (non-hydrogen) atoms. The molecular weight excluding hydrogens is 307 g/mol. The average Bonchev–Trinajstić information content (AvgIpc) is 2.49. The highest BCUT2D eigenvalue weighted by atomic mass is 35.5. The maximum atomic E-state index is 12.3. The molecular formula is C16H14Cl2N2O. The van der Waals surface area contributed by atoms with Gasteiger partial charge in [0.25, 0.3) is 5.91 Å². The molecule has 0 spiro atoms. The lowest BCUT2D eigenvalue weighted by Crippen LogP contribution is -2.24. The number of rotatable bonds is 2. The number of hydrogen-bond acceptors (Lipinski definition) is 2. The summed E-state index contributed by atoms with van der Waals surface area (Å²) in [5.41, 5.74) is 3.66. The molecule has 0 unspecified atom stereocenters. The predicted octanol–water partition coefficient (Wildman–Crippen LogP) is 3.89. The van der Waals surface area contributed by atoms with Crippen LogP contribution in [0.5, 0.6) is 0 Å². The molecule has 3 rings (SSSR count). The van der Waals surface area contributed by atoms with Gasteiger partial charge < -0.3 is 10.6 Å².